The monoisotopic (exact) mass is 166 g/mol. The van der Waals surface area contributed by atoms with E-state index in [1.54, 1.807) is 0 Å². The molecule has 0 aliphatic heterocycles. The zero-order valence-corrected chi connectivity index (χ0v) is 8.44. The molecule has 0 aromatic carbocycles. The summed E-state index contributed by atoms with van der Waals surface area (Å²) in [5, 5.41) is 0. The van der Waals surface area contributed by atoms with Crippen molar-refractivity contribution in [2.24, 2.45) is 5.92 Å². The molecule has 0 heterocycles. The molecule has 0 heteroatoms. The lowest BCUT2D eigenvalue weighted by molar-refractivity contribution is 0.612. The summed E-state index contributed by atoms with van der Waals surface area (Å²) in [4.78, 5) is 0. The molecular weight excluding hydrogens is 144 g/mol. The third-order valence-corrected chi connectivity index (χ3v) is 2.95. The van der Waals surface area contributed by atoms with Crippen molar-refractivity contribution in [3.63, 3.8) is 0 Å². The molecule has 2 saturated carbocycles. The summed E-state index contributed by atoms with van der Waals surface area (Å²) in [6, 6.07) is 0. The van der Waals surface area contributed by atoms with Crippen molar-refractivity contribution in [3.8, 4) is 0 Å². The molecule has 2 fully saturated rings. The van der Waals surface area contributed by atoms with Crippen molar-refractivity contribution in [2.75, 3.05) is 0 Å². The van der Waals surface area contributed by atoms with E-state index >= 15 is 0 Å². The first-order valence-corrected chi connectivity index (χ1v) is 5.45. The van der Waals surface area contributed by atoms with E-state index in [0.29, 0.717) is 0 Å². The quantitative estimate of drug-likeness (QED) is 0.470. The highest BCUT2D eigenvalue weighted by molar-refractivity contribution is 4.98. The Bertz CT molecular complexity index is 121. The molecular formula is C12H22. The van der Waals surface area contributed by atoms with Crippen molar-refractivity contribution < 1.29 is 0 Å². The van der Waals surface area contributed by atoms with Crippen LogP contribution in [0.2, 0.25) is 0 Å². The molecule has 0 N–H and O–H groups in total. The van der Waals surface area contributed by atoms with Gasteiger partial charge in [0, 0.05) is 0 Å². The van der Waals surface area contributed by atoms with E-state index < -0.39 is 0 Å². The van der Waals surface area contributed by atoms with Crippen LogP contribution in [0.5, 0.6) is 0 Å². The minimum atomic E-state index is 1.05. The summed E-state index contributed by atoms with van der Waals surface area (Å²) in [6.07, 6.45) is 11.3. The number of hydrogen-bond donors (Lipinski definition) is 0. The maximum absolute atomic E-state index is 3.85. The molecule has 0 spiro atoms. The van der Waals surface area contributed by atoms with Crippen LogP contribution in [0.1, 0.15) is 58.3 Å². The zero-order valence-electron chi connectivity index (χ0n) is 8.44. The molecule has 2 aliphatic rings. The summed E-state index contributed by atoms with van der Waals surface area (Å²) in [5.74, 6) is 1.05. The minimum Gasteiger partial charge on any atom is -0.0999 e. The molecule has 0 radical (unpaired) electrons. The molecule has 0 aromatic rings. The topological polar surface area (TPSA) is 0 Å². The smallest absolute Gasteiger partial charge is 0.0323 e. The first-order chi connectivity index (χ1) is 5.79. The molecule has 70 valence electrons. The maximum Gasteiger partial charge on any atom is -0.0323 e. The Labute approximate surface area is 77.1 Å². The Morgan fingerprint density at radius 2 is 1.50 bits per heavy atom. The molecule has 0 saturated heterocycles. The summed E-state index contributed by atoms with van der Waals surface area (Å²) in [5.41, 5.74) is 1.45. The van der Waals surface area contributed by atoms with Gasteiger partial charge in [-0.2, -0.15) is 0 Å². The van der Waals surface area contributed by atoms with Gasteiger partial charge in [0.15, 0.2) is 0 Å². The summed E-state index contributed by atoms with van der Waals surface area (Å²) in [6.45, 7) is 6.19. The van der Waals surface area contributed by atoms with Gasteiger partial charge in [-0.05, 0) is 31.6 Å². The van der Waals surface area contributed by atoms with E-state index in [9.17, 15) is 0 Å². The second-order valence-corrected chi connectivity index (χ2v) is 4.35. The first kappa shape index (κ1) is 9.83. The van der Waals surface area contributed by atoms with Crippen molar-refractivity contribution in [2.45, 2.75) is 58.3 Å². The van der Waals surface area contributed by atoms with Gasteiger partial charge in [0.25, 0.3) is 0 Å². The SMILES string of the molecule is C=C1CCCC1.CC1CCCC1. The number of allylic oxidation sites excluding steroid dienone is 1. The number of rotatable bonds is 0. The van der Waals surface area contributed by atoms with Gasteiger partial charge in [-0.1, -0.05) is 44.8 Å². The van der Waals surface area contributed by atoms with E-state index in [2.05, 4.69) is 13.5 Å². The molecule has 0 bridgehead atoms. The average molecular weight is 166 g/mol. The Morgan fingerprint density at radius 1 is 1.00 bits per heavy atom. The molecule has 2 rings (SSSR count). The van der Waals surface area contributed by atoms with Crippen molar-refractivity contribution in [1.82, 2.24) is 0 Å². The van der Waals surface area contributed by atoms with Crippen LogP contribution in [-0.4, -0.2) is 0 Å². The highest BCUT2D eigenvalue weighted by Crippen LogP contribution is 2.23. The molecule has 0 atom stereocenters. The standard InChI is InChI=1S/C6H12.C6H10/c2*1-6-4-2-3-5-6/h6H,2-5H2,1H3;1-5H2. The summed E-state index contributed by atoms with van der Waals surface area (Å²) in [7, 11) is 0. The molecule has 2 aliphatic carbocycles. The molecule has 0 aromatic heterocycles. The second kappa shape index (κ2) is 5.40. The van der Waals surface area contributed by atoms with Gasteiger partial charge in [-0.25, -0.2) is 0 Å². The third kappa shape index (κ3) is 3.94. The van der Waals surface area contributed by atoms with E-state index in [1.165, 1.54) is 56.9 Å². The summed E-state index contributed by atoms with van der Waals surface area (Å²) >= 11 is 0. The fraction of sp³-hybridized carbons (Fsp3) is 0.833. The molecule has 0 nitrogen and oxygen atoms in total. The highest BCUT2D eigenvalue weighted by Gasteiger charge is 2.07. The van der Waals surface area contributed by atoms with Gasteiger partial charge in [0.05, 0.1) is 0 Å². The predicted molar refractivity (Wildman–Crippen MR) is 55.2 cm³/mol. The van der Waals surface area contributed by atoms with Gasteiger partial charge in [-0.15, -0.1) is 0 Å². The second-order valence-electron chi connectivity index (χ2n) is 4.35. The lowest BCUT2D eigenvalue weighted by Crippen LogP contribution is -1.78. The van der Waals surface area contributed by atoms with Crippen molar-refractivity contribution in [1.29, 1.82) is 0 Å². The lowest BCUT2D eigenvalue weighted by Gasteiger charge is -1.91. The van der Waals surface area contributed by atoms with Crippen LogP contribution in [0.3, 0.4) is 0 Å². The van der Waals surface area contributed by atoms with Crippen LogP contribution in [0, 0.1) is 5.92 Å². The van der Waals surface area contributed by atoms with E-state index in [0.717, 1.165) is 5.92 Å². The average Bonchev–Trinajstić information content (AvgIpc) is 2.63. The van der Waals surface area contributed by atoms with Gasteiger partial charge >= 0.3 is 0 Å². The lowest BCUT2D eigenvalue weighted by atomic mass is 10.2. The Morgan fingerprint density at radius 3 is 1.67 bits per heavy atom. The van der Waals surface area contributed by atoms with Crippen LogP contribution < -0.4 is 0 Å². The largest absolute Gasteiger partial charge is 0.0999 e. The highest BCUT2D eigenvalue weighted by atomic mass is 14.1. The Hall–Kier alpha value is -0.260. The van der Waals surface area contributed by atoms with Crippen LogP contribution in [-0.2, 0) is 0 Å². The van der Waals surface area contributed by atoms with Crippen LogP contribution in [0.15, 0.2) is 12.2 Å². The minimum absolute atomic E-state index is 1.05. The van der Waals surface area contributed by atoms with Crippen LogP contribution >= 0.6 is 0 Å². The molecule has 12 heavy (non-hydrogen) atoms. The fourth-order valence-electron chi connectivity index (χ4n) is 2.00. The predicted octanol–water partition coefficient (Wildman–Crippen LogP) is 4.31. The normalized spacial score (nSPS) is 23.9. The Balaban J connectivity index is 0.000000120. The molecule has 0 unspecified atom stereocenters. The van der Waals surface area contributed by atoms with Crippen LogP contribution in [0.25, 0.3) is 0 Å². The van der Waals surface area contributed by atoms with Gasteiger partial charge in [0.2, 0.25) is 0 Å². The van der Waals surface area contributed by atoms with Crippen molar-refractivity contribution >= 4 is 0 Å². The first-order valence-electron chi connectivity index (χ1n) is 5.45. The van der Waals surface area contributed by atoms with E-state index in [1.807, 2.05) is 0 Å². The fourth-order valence-corrected chi connectivity index (χ4v) is 2.00. The van der Waals surface area contributed by atoms with Crippen molar-refractivity contribution in [3.05, 3.63) is 12.2 Å². The molecule has 0 amide bonds. The van der Waals surface area contributed by atoms with Crippen LogP contribution in [0.4, 0.5) is 0 Å². The van der Waals surface area contributed by atoms with Gasteiger partial charge < -0.3 is 0 Å². The van der Waals surface area contributed by atoms with Gasteiger partial charge in [0.1, 0.15) is 0 Å². The van der Waals surface area contributed by atoms with E-state index in [-0.39, 0.29) is 0 Å². The summed E-state index contributed by atoms with van der Waals surface area (Å²) < 4.78 is 0. The Kier molecular flexibility index (Phi) is 4.42. The number of hydrogen-bond acceptors (Lipinski definition) is 0. The van der Waals surface area contributed by atoms with E-state index in [4.69, 9.17) is 0 Å². The third-order valence-electron chi connectivity index (χ3n) is 2.95. The maximum atomic E-state index is 3.85. The zero-order chi connectivity index (χ0) is 8.81. The van der Waals surface area contributed by atoms with Gasteiger partial charge in [-0.3, -0.25) is 0 Å².